The van der Waals surface area contributed by atoms with Gasteiger partial charge in [0.25, 0.3) is 0 Å². The number of anilines is 1. The topological polar surface area (TPSA) is 41.1 Å². The van der Waals surface area contributed by atoms with Crippen LogP contribution in [0.15, 0.2) is 48.5 Å². The molecule has 2 atom stereocenters. The Balaban J connectivity index is 1.65. The molecule has 2 aromatic carbocycles. The van der Waals surface area contributed by atoms with E-state index in [1.807, 2.05) is 25.1 Å². The van der Waals surface area contributed by atoms with Crippen molar-refractivity contribution in [3.8, 4) is 0 Å². The third-order valence-electron chi connectivity index (χ3n) is 4.26. The normalized spacial score (nSPS) is 16.5. The first kappa shape index (κ1) is 16.9. The molecule has 1 aliphatic carbocycles. The quantitative estimate of drug-likeness (QED) is 0.805. The number of benzene rings is 2. The number of hydrogen-bond donors (Lipinski definition) is 2. The third-order valence-corrected chi connectivity index (χ3v) is 4.55. The zero-order valence-electron chi connectivity index (χ0n) is 13.4. The average Bonchev–Trinajstić information content (AvgIpc) is 3.41. The number of nitrogens with one attached hydrogen (secondary N) is 2. The highest BCUT2D eigenvalue weighted by molar-refractivity contribution is 6.31. The van der Waals surface area contributed by atoms with Gasteiger partial charge in [0.05, 0.1) is 11.1 Å². The molecule has 0 saturated heterocycles. The van der Waals surface area contributed by atoms with Crippen LogP contribution in [-0.4, -0.2) is 11.9 Å². The van der Waals surface area contributed by atoms with Gasteiger partial charge in [-0.1, -0.05) is 41.9 Å². The summed E-state index contributed by atoms with van der Waals surface area (Å²) < 4.78 is 13.2. The molecule has 1 fully saturated rings. The Morgan fingerprint density at radius 1 is 1.21 bits per heavy atom. The fraction of sp³-hybridized carbons (Fsp3) is 0.316. The smallest absolute Gasteiger partial charge is 0.241 e. The molecule has 0 heterocycles. The van der Waals surface area contributed by atoms with Crippen LogP contribution in [0.4, 0.5) is 10.1 Å². The third kappa shape index (κ3) is 4.13. The second kappa shape index (κ2) is 7.32. The number of hydrogen-bond acceptors (Lipinski definition) is 2. The van der Waals surface area contributed by atoms with Crippen molar-refractivity contribution in [3.05, 3.63) is 64.9 Å². The van der Waals surface area contributed by atoms with E-state index in [4.69, 9.17) is 11.6 Å². The largest absolute Gasteiger partial charge is 0.325 e. The summed E-state index contributed by atoms with van der Waals surface area (Å²) in [7, 11) is 0. The standard InChI is InChI=1S/C19H20ClFN2O/c1-12(19(24)23-15-9-10-17(21)16(20)11-15)22-18(14-7-8-14)13-5-3-2-4-6-13/h2-6,9-12,14,18,22H,7-8H2,1H3,(H,23,24)/t12-,18+/m0/s1. The van der Waals surface area contributed by atoms with Crippen LogP contribution in [0.1, 0.15) is 31.4 Å². The van der Waals surface area contributed by atoms with E-state index in [1.54, 1.807) is 0 Å². The fourth-order valence-corrected chi connectivity index (χ4v) is 2.94. The van der Waals surface area contributed by atoms with Gasteiger partial charge in [-0.2, -0.15) is 0 Å². The summed E-state index contributed by atoms with van der Waals surface area (Å²) in [4.78, 5) is 12.4. The highest BCUT2D eigenvalue weighted by atomic mass is 35.5. The molecule has 3 rings (SSSR count). The van der Waals surface area contributed by atoms with Gasteiger partial charge in [-0.15, -0.1) is 0 Å². The van der Waals surface area contributed by atoms with Crippen molar-refractivity contribution in [2.24, 2.45) is 5.92 Å². The van der Waals surface area contributed by atoms with Crippen molar-refractivity contribution in [1.29, 1.82) is 0 Å². The maximum atomic E-state index is 13.2. The lowest BCUT2D eigenvalue weighted by Gasteiger charge is -2.23. The van der Waals surface area contributed by atoms with Gasteiger partial charge in [0, 0.05) is 11.7 Å². The molecule has 2 N–H and O–H groups in total. The van der Waals surface area contributed by atoms with Crippen LogP contribution < -0.4 is 10.6 Å². The lowest BCUT2D eigenvalue weighted by atomic mass is 10.0. The van der Waals surface area contributed by atoms with Crippen LogP contribution in [0.3, 0.4) is 0 Å². The lowest BCUT2D eigenvalue weighted by Crippen LogP contribution is -2.40. The van der Waals surface area contributed by atoms with Crippen molar-refractivity contribution in [3.63, 3.8) is 0 Å². The first-order valence-electron chi connectivity index (χ1n) is 8.11. The van der Waals surface area contributed by atoms with Gasteiger partial charge in [0.15, 0.2) is 0 Å². The maximum absolute atomic E-state index is 13.2. The Morgan fingerprint density at radius 2 is 1.92 bits per heavy atom. The molecule has 1 amide bonds. The molecule has 126 valence electrons. The van der Waals surface area contributed by atoms with Crippen LogP contribution in [-0.2, 0) is 4.79 Å². The first-order chi connectivity index (χ1) is 11.5. The molecule has 2 aromatic rings. The van der Waals surface area contributed by atoms with E-state index in [9.17, 15) is 9.18 Å². The molecule has 0 aromatic heterocycles. The first-order valence-corrected chi connectivity index (χ1v) is 8.49. The molecule has 0 spiro atoms. The Labute approximate surface area is 146 Å². The van der Waals surface area contributed by atoms with Gasteiger partial charge in [-0.05, 0) is 49.4 Å². The monoisotopic (exact) mass is 346 g/mol. The zero-order valence-corrected chi connectivity index (χ0v) is 14.2. The molecule has 3 nitrogen and oxygen atoms in total. The Bertz CT molecular complexity index is 719. The predicted octanol–water partition coefficient (Wildman–Crippen LogP) is 4.55. The summed E-state index contributed by atoms with van der Waals surface area (Å²) in [5.41, 5.74) is 1.69. The van der Waals surface area contributed by atoms with E-state index in [2.05, 4.69) is 22.8 Å². The number of halogens is 2. The number of carbonyl (C=O) groups excluding carboxylic acids is 1. The SMILES string of the molecule is C[C@H](N[C@H](c1ccccc1)C1CC1)C(=O)Nc1ccc(F)c(Cl)c1. The van der Waals surface area contributed by atoms with Crippen molar-refractivity contribution < 1.29 is 9.18 Å². The summed E-state index contributed by atoms with van der Waals surface area (Å²) in [6, 6.07) is 14.1. The fourth-order valence-electron chi connectivity index (χ4n) is 2.76. The van der Waals surface area contributed by atoms with Crippen LogP contribution in [0, 0.1) is 11.7 Å². The van der Waals surface area contributed by atoms with E-state index >= 15 is 0 Å². The second-order valence-electron chi connectivity index (χ2n) is 6.23. The second-order valence-corrected chi connectivity index (χ2v) is 6.64. The number of amides is 1. The molecule has 0 radical (unpaired) electrons. The molecule has 5 heteroatoms. The van der Waals surface area contributed by atoms with Crippen molar-refractivity contribution in [1.82, 2.24) is 5.32 Å². The van der Waals surface area contributed by atoms with Gasteiger partial charge < -0.3 is 5.32 Å². The van der Waals surface area contributed by atoms with Crippen LogP contribution in [0.5, 0.6) is 0 Å². The van der Waals surface area contributed by atoms with E-state index < -0.39 is 5.82 Å². The molecule has 1 saturated carbocycles. The molecule has 24 heavy (non-hydrogen) atoms. The van der Waals surface area contributed by atoms with Gasteiger partial charge in [-0.25, -0.2) is 4.39 Å². The van der Waals surface area contributed by atoms with Crippen LogP contribution >= 0.6 is 11.6 Å². The van der Waals surface area contributed by atoms with E-state index in [-0.39, 0.29) is 23.0 Å². The molecular weight excluding hydrogens is 327 g/mol. The van der Waals surface area contributed by atoms with Gasteiger partial charge in [0.1, 0.15) is 5.82 Å². The molecule has 0 aliphatic heterocycles. The van der Waals surface area contributed by atoms with E-state index in [0.717, 1.165) is 0 Å². The maximum Gasteiger partial charge on any atom is 0.241 e. The zero-order chi connectivity index (χ0) is 17.1. The summed E-state index contributed by atoms with van der Waals surface area (Å²) in [6.45, 7) is 1.83. The van der Waals surface area contributed by atoms with Crippen molar-refractivity contribution >= 4 is 23.2 Å². The number of rotatable bonds is 6. The highest BCUT2D eigenvalue weighted by Gasteiger charge is 2.33. The van der Waals surface area contributed by atoms with Crippen LogP contribution in [0.2, 0.25) is 5.02 Å². The predicted molar refractivity (Wildman–Crippen MR) is 94.5 cm³/mol. The summed E-state index contributed by atoms with van der Waals surface area (Å²) in [5.74, 6) is -0.0964. The van der Waals surface area contributed by atoms with Crippen molar-refractivity contribution in [2.75, 3.05) is 5.32 Å². The summed E-state index contributed by atoms with van der Waals surface area (Å²) >= 11 is 5.75. The van der Waals surface area contributed by atoms with E-state index in [1.165, 1.54) is 36.6 Å². The van der Waals surface area contributed by atoms with Gasteiger partial charge >= 0.3 is 0 Å². The molecular formula is C19H20ClFN2O. The summed E-state index contributed by atoms with van der Waals surface area (Å²) in [5, 5.41) is 6.19. The molecule has 0 unspecified atom stereocenters. The minimum Gasteiger partial charge on any atom is -0.325 e. The Hall–Kier alpha value is -1.91. The van der Waals surface area contributed by atoms with Crippen molar-refractivity contribution in [2.45, 2.75) is 31.8 Å². The lowest BCUT2D eigenvalue weighted by molar-refractivity contribution is -0.118. The Kier molecular flexibility index (Phi) is 5.17. The number of carbonyl (C=O) groups is 1. The van der Waals surface area contributed by atoms with Crippen LogP contribution in [0.25, 0.3) is 0 Å². The van der Waals surface area contributed by atoms with Gasteiger partial charge in [-0.3, -0.25) is 10.1 Å². The summed E-state index contributed by atoms with van der Waals surface area (Å²) in [6.07, 6.45) is 2.35. The highest BCUT2D eigenvalue weighted by Crippen LogP contribution is 2.41. The molecule has 0 bridgehead atoms. The Morgan fingerprint density at radius 3 is 2.54 bits per heavy atom. The average molecular weight is 347 g/mol. The molecule has 1 aliphatic rings. The van der Waals surface area contributed by atoms with Gasteiger partial charge in [0.2, 0.25) is 5.91 Å². The minimum absolute atomic E-state index is 0.00597. The van der Waals surface area contributed by atoms with E-state index in [0.29, 0.717) is 11.6 Å². The minimum atomic E-state index is -0.501.